The summed E-state index contributed by atoms with van der Waals surface area (Å²) in [6, 6.07) is 0. The van der Waals surface area contributed by atoms with Crippen LogP contribution in [0.2, 0.25) is 0 Å². The fourth-order valence-electron chi connectivity index (χ4n) is 1.17. The van der Waals surface area contributed by atoms with E-state index in [1.165, 1.54) is 0 Å². The Morgan fingerprint density at radius 1 is 0.933 bits per heavy atom. The van der Waals surface area contributed by atoms with Gasteiger partial charge in [0.15, 0.2) is 0 Å². The molecular formula is C9H20O4S2. The molecule has 0 radical (unpaired) electrons. The Labute approximate surface area is 92.3 Å². The average Bonchev–Trinajstić information content (AvgIpc) is 2.01. The molecule has 0 spiro atoms. The normalized spacial score (nSPS) is 13.3. The molecule has 6 heteroatoms. The van der Waals surface area contributed by atoms with Gasteiger partial charge in [-0.15, -0.1) is 0 Å². The molecule has 0 aliphatic rings. The molecule has 0 amide bonds. The van der Waals surface area contributed by atoms with E-state index in [4.69, 9.17) is 0 Å². The van der Waals surface area contributed by atoms with Gasteiger partial charge in [0.1, 0.15) is 0 Å². The van der Waals surface area contributed by atoms with Crippen LogP contribution in [0, 0.1) is 5.92 Å². The van der Waals surface area contributed by atoms with Crippen LogP contribution in [0.5, 0.6) is 0 Å². The highest BCUT2D eigenvalue weighted by Crippen LogP contribution is 2.12. The van der Waals surface area contributed by atoms with Crippen LogP contribution in [0.3, 0.4) is 0 Å². The van der Waals surface area contributed by atoms with Crippen LogP contribution in [0.15, 0.2) is 0 Å². The summed E-state index contributed by atoms with van der Waals surface area (Å²) in [7, 11) is -7.92. The third-order valence-electron chi connectivity index (χ3n) is 1.92. The van der Waals surface area contributed by atoms with Crippen molar-refractivity contribution in [3.63, 3.8) is 0 Å². The highest BCUT2D eigenvalue weighted by Gasteiger charge is 2.29. The summed E-state index contributed by atoms with van der Waals surface area (Å²) in [6.45, 7) is 5.33. The predicted molar refractivity (Wildman–Crippen MR) is 61.9 cm³/mol. The molecule has 4 nitrogen and oxygen atoms in total. The van der Waals surface area contributed by atoms with Crippen molar-refractivity contribution in [2.45, 2.75) is 40.0 Å². The van der Waals surface area contributed by atoms with Gasteiger partial charge in [0, 0.05) is 0 Å². The highest BCUT2D eigenvalue weighted by molar-refractivity contribution is 8.67. The smallest absolute Gasteiger partial charge is 0.213 e. The van der Waals surface area contributed by atoms with Crippen molar-refractivity contribution in [3.05, 3.63) is 0 Å². The molecule has 0 aromatic carbocycles. The van der Waals surface area contributed by atoms with E-state index < -0.39 is 17.7 Å². The minimum atomic E-state index is -3.97. The second kappa shape index (κ2) is 5.84. The minimum Gasteiger partial charge on any atom is -0.213 e. The van der Waals surface area contributed by atoms with E-state index in [0.717, 1.165) is 12.8 Å². The summed E-state index contributed by atoms with van der Waals surface area (Å²) in [6.07, 6.45) is 2.05. The van der Waals surface area contributed by atoms with E-state index in [0.29, 0.717) is 6.42 Å². The molecule has 0 bridgehead atoms. The lowest BCUT2D eigenvalue weighted by Gasteiger charge is -2.07. The van der Waals surface area contributed by atoms with Crippen LogP contribution in [-0.4, -0.2) is 28.3 Å². The molecule has 92 valence electrons. The minimum absolute atomic E-state index is 0.157. The van der Waals surface area contributed by atoms with Crippen molar-refractivity contribution in [3.8, 4) is 0 Å². The standard InChI is InChI=1S/C9H20O4S2/c1-4-5-6-7-14(10,11)15(12,13)8-9(2)3/h9H,4-8H2,1-3H3. The maximum atomic E-state index is 11.5. The predicted octanol–water partition coefficient (Wildman–Crippen LogP) is 1.58. The van der Waals surface area contributed by atoms with Gasteiger partial charge in [0.05, 0.1) is 11.5 Å². The van der Waals surface area contributed by atoms with Gasteiger partial charge in [-0.25, -0.2) is 16.8 Å². The zero-order chi connectivity index (χ0) is 12.1. The van der Waals surface area contributed by atoms with Gasteiger partial charge in [0.25, 0.3) is 17.7 Å². The summed E-state index contributed by atoms with van der Waals surface area (Å²) in [5, 5.41) is 0. The van der Waals surface area contributed by atoms with Gasteiger partial charge in [0.2, 0.25) is 0 Å². The third kappa shape index (κ3) is 4.97. The maximum absolute atomic E-state index is 11.5. The number of hydrogen-bond donors (Lipinski definition) is 0. The van der Waals surface area contributed by atoms with Gasteiger partial charge in [-0.05, 0) is 12.3 Å². The zero-order valence-electron chi connectivity index (χ0n) is 9.56. The Hall–Kier alpha value is -0.100. The van der Waals surface area contributed by atoms with E-state index in [9.17, 15) is 16.8 Å². The molecule has 0 saturated carbocycles. The molecule has 0 rings (SSSR count). The highest BCUT2D eigenvalue weighted by atomic mass is 33.2. The second-order valence-corrected chi connectivity index (χ2v) is 10.1. The van der Waals surface area contributed by atoms with E-state index in [-0.39, 0.29) is 17.4 Å². The summed E-state index contributed by atoms with van der Waals surface area (Å²) in [5.74, 6) is -0.673. The van der Waals surface area contributed by atoms with Crippen LogP contribution < -0.4 is 0 Å². The fourth-order valence-corrected chi connectivity index (χ4v) is 5.56. The summed E-state index contributed by atoms with van der Waals surface area (Å²) in [4.78, 5) is 0. The number of hydrogen-bond acceptors (Lipinski definition) is 4. The lowest BCUT2D eigenvalue weighted by Crippen LogP contribution is -2.24. The van der Waals surface area contributed by atoms with E-state index in [2.05, 4.69) is 0 Å². The van der Waals surface area contributed by atoms with Crippen LogP contribution >= 0.6 is 0 Å². The van der Waals surface area contributed by atoms with Crippen molar-refractivity contribution >= 4 is 17.7 Å². The van der Waals surface area contributed by atoms with Crippen molar-refractivity contribution in [2.24, 2.45) is 5.92 Å². The van der Waals surface area contributed by atoms with Crippen LogP contribution in [0.1, 0.15) is 40.0 Å². The van der Waals surface area contributed by atoms with Crippen LogP contribution in [0.25, 0.3) is 0 Å². The van der Waals surface area contributed by atoms with Gasteiger partial charge in [-0.3, -0.25) is 0 Å². The molecule has 0 fully saturated rings. The summed E-state index contributed by atoms with van der Waals surface area (Å²) < 4.78 is 45.9. The Bertz CT molecular complexity index is 365. The first-order valence-corrected chi connectivity index (χ1v) is 9.00. The van der Waals surface area contributed by atoms with E-state index in [1.807, 2.05) is 6.92 Å². The lowest BCUT2D eigenvalue weighted by molar-refractivity contribution is 0.572. The zero-order valence-corrected chi connectivity index (χ0v) is 11.2. The van der Waals surface area contributed by atoms with Gasteiger partial charge < -0.3 is 0 Å². The third-order valence-corrected chi connectivity index (χ3v) is 7.79. The van der Waals surface area contributed by atoms with Crippen LogP contribution in [0.4, 0.5) is 0 Å². The maximum Gasteiger partial charge on any atom is 0.253 e. The van der Waals surface area contributed by atoms with Crippen molar-refractivity contribution in [1.82, 2.24) is 0 Å². The largest absolute Gasteiger partial charge is 0.253 e. The fraction of sp³-hybridized carbons (Fsp3) is 1.00. The molecule has 0 saturated heterocycles. The molecule has 0 unspecified atom stereocenters. The Kier molecular flexibility index (Phi) is 5.80. The summed E-state index contributed by atoms with van der Waals surface area (Å²) >= 11 is 0. The van der Waals surface area contributed by atoms with Crippen molar-refractivity contribution in [1.29, 1.82) is 0 Å². The molecule has 0 atom stereocenters. The average molecular weight is 256 g/mol. The summed E-state index contributed by atoms with van der Waals surface area (Å²) in [5.41, 5.74) is 0. The SMILES string of the molecule is CCCCCS(=O)(=O)S(=O)(=O)CC(C)C. The van der Waals surface area contributed by atoms with Gasteiger partial charge >= 0.3 is 0 Å². The Morgan fingerprint density at radius 3 is 1.87 bits per heavy atom. The molecule has 0 aromatic heterocycles. The molecule has 0 aliphatic carbocycles. The van der Waals surface area contributed by atoms with Gasteiger partial charge in [-0.1, -0.05) is 33.6 Å². The monoisotopic (exact) mass is 256 g/mol. The van der Waals surface area contributed by atoms with E-state index >= 15 is 0 Å². The van der Waals surface area contributed by atoms with Crippen molar-refractivity contribution in [2.75, 3.05) is 11.5 Å². The second-order valence-electron chi connectivity index (χ2n) is 4.09. The van der Waals surface area contributed by atoms with Crippen LogP contribution in [-0.2, 0) is 17.7 Å². The quantitative estimate of drug-likeness (QED) is 0.512. The lowest BCUT2D eigenvalue weighted by atomic mass is 10.3. The Morgan fingerprint density at radius 2 is 1.47 bits per heavy atom. The molecule has 0 aliphatic heterocycles. The Balaban J connectivity index is 4.58. The van der Waals surface area contributed by atoms with Crippen molar-refractivity contribution < 1.29 is 16.8 Å². The molecule has 0 N–H and O–H groups in total. The topological polar surface area (TPSA) is 68.3 Å². The molecule has 0 heterocycles. The number of rotatable bonds is 7. The first-order valence-electron chi connectivity index (χ1n) is 5.18. The first-order chi connectivity index (χ1) is 6.73. The molecule has 0 aromatic rings. The van der Waals surface area contributed by atoms with E-state index in [1.54, 1.807) is 13.8 Å². The van der Waals surface area contributed by atoms with Gasteiger partial charge in [-0.2, -0.15) is 0 Å². The molecule has 15 heavy (non-hydrogen) atoms. The molecular weight excluding hydrogens is 236 g/mol. The number of unbranched alkanes of at least 4 members (excludes halogenated alkanes) is 2. The first kappa shape index (κ1) is 14.9.